The van der Waals surface area contributed by atoms with Crippen molar-refractivity contribution in [2.75, 3.05) is 17.6 Å². The number of aryl methyl sites for hydroxylation is 1. The van der Waals surface area contributed by atoms with Crippen LogP contribution in [0.3, 0.4) is 0 Å². The van der Waals surface area contributed by atoms with E-state index in [2.05, 4.69) is 39.5 Å². The lowest BCUT2D eigenvalue weighted by Gasteiger charge is -2.29. The predicted octanol–water partition coefficient (Wildman–Crippen LogP) is 6.12. The Bertz CT molecular complexity index is 1440. The number of benzene rings is 1. The van der Waals surface area contributed by atoms with Crippen LogP contribution in [0.2, 0.25) is 0 Å². The molecule has 0 unspecified atom stereocenters. The maximum Gasteiger partial charge on any atom is 0.250 e. The van der Waals surface area contributed by atoms with Crippen molar-refractivity contribution >= 4 is 49.6 Å². The first-order chi connectivity index (χ1) is 17.5. The number of nitrogens with zero attached hydrogens (tertiary/aromatic N) is 2. The van der Waals surface area contributed by atoms with Gasteiger partial charge in [-0.05, 0) is 56.2 Å². The van der Waals surface area contributed by atoms with E-state index in [4.69, 9.17) is 9.51 Å². The third-order valence-corrected chi connectivity index (χ3v) is 11.8. The number of rotatable bonds is 7. The van der Waals surface area contributed by atoms with Gasteiger partial charge in [0.2, 0.25) is 10.0 Å². The maximum atomic E-state index is 12.8. The average Bonchev–Trinajstić information content (AvgIpc) is 3.64. The van der Waals surface area contributed by atoms with Crippen molar-refractivity contribution in [2.45, 2.75) is 47.3 Å². The lowest BCUT2D eigenvalue weighted by molar-refractivity contribution is 0.337. The minimum Gasteiger partial charge on any atom is -0.364 e. The normalized spacial score (nSPS) is 19.9. The van der Waals surface area contributed by atoms with Gasteiger partial charge in [0.05, 0.1) is 10.6 Å². The van der Waals surface area contributed by atoms with Crippen LogP contribution in [0, 0.1) is 5.92 Å². The number of thioether (sulfide) groups is 1. The Kier molecular flexibility index (Phi) is 6.91. The first-order valence-electron chi connectivity index (χ1n) is 12.0. The SMILES string of the molecule is O=S(=O)(NCC1CCC(Nc2nc3c(s2)CCSc2ccccc2-3)CC1)c1ccc(-c2ccon2)s1. The van der Waals surface area contributed by atoms with Crippen LogP contribution in [-0.4, -0.2) is 36.9 Å². The molecule has 6 rings (SSSR count). The maximum absolute atomic E-state index is 12.8. The standard InChI is InChI=1S/C25H26N4O3S4/c30-36(31,23-10-9-21(34-23)19-11-13-32-29-19)26-15-16-5-7-17(8-6-16)27-25-28-24-18-3-1-2-4-20(18)33-14-12-22(24)35-25/h1-4,9-11,13,16-17,26H,5-8,12,14-15H2,(H,27,28). The molecule has 0 radical (unpaired) electrons. The Morgan fingerprint density at radius 3 is 2.72 bits per heavy atom. The lowest BCUT2D eigenvalue weighted by atomic mass is 9.86. The highest BCUT2D eigenvalue weighted by Crippen LogP contribution is 2.41. The van der Waals surface area contributed by atoms with Gasteiger partial charge in [0.15, 0.2) is 5.13 Å². The Balaban J connectivity index is 1.03. The van der Waals surface area contributed by atoms with Gasteiger partial charge in [-0.15, -0.1) is 34.4 Å². The molecule has 0 atom stereocenters. The summed E-state index contributed by atoms with van der Waals surface area (Å²) in [6, 6.07) is 14.0. The van der Waals surface area contributed by atoms with E-state index in [1.807, 2.05) is 11.8 Å². The van der Waals surface area contributed by atoms with Crippen molar-refractivity contribution in [3.05, 3.63) is 53.6 Å². The smallest absolute Gasteiger partial charge is 0.250 e. The first-order valence-corrected chi connectivity index (χ1v) is 16.1. The summed E-state index contributed by atoms with van der Waals surface area (Å²) in [4.78, 5) is 8.43. The van der Waals surface area contributed by atoms with E-state index in [0.717, 1.165) is 53.6 Å². The molecule has 1 aromatic carbocycles. The van der Waals surface area contributed by atoms with Crippen molar-refractivity contribution in [1.29, 1.82) is 0 Å². The zero-order valence-corrected chi connectivity index (χ0v) is 22.7. The van der Waals surface area contributed by atoms with Crippen LogP contribution in [0.1, 0.15) is 30.6 Å². The van der Waals surface area contributed by atoms with E-state index in [-0.39, 0.29) is 0 Å². The van der Waals surface area contributed by atoms with Crippen LogP contribution in [-0.2, 0) is 16.4 Å². The molecule has 188 valence electrons. The van der Waals surface area contributed by atoms with Crippen molar-refractivity contribution in [2.24, 2.45) is 5.92 Å². The second-order valence-corrected chi connectivity index (χ2v) is 14.4. The summed E-state index contributed by atoms with van der Waals surface area (Å²) in [7, 11) is -3.54. The molecule has 4 aromatic rings. The van der Waals surface area contributed by atoms with Gasteiger partial charge in [0.25, 0.3) is 0 Å². The number of thiophene rings is 1. The third kappa shape index (κ3) is 5.12. The first kappa shape index (κ1) is 24.2. The lowest BCUT2D eigenvalue weighted by Crippen LogP contribution is -2.33. The number of hydrogen-bond donors (Lipinski definition) is 2. The highest BCUT2D eigenvalue weighted by Gasteiger charge is 2.26. The molecule has 1 saturated carbocycles. The molecule has 1 fully saturated rings. The molecule has 0 spiro atoms. The third-order valence-electron chi connectivity index (χ3n) is 6.70. The molecule has 7 nitrogen and oxygen atoms in total. The van der Waals surface area contributed by atoms with E-state index < -0.39 is 10.0 Å². The fourth-order valence-electron chi connectivity index (χ4n) is 4.76. The molecule has 2 aliphatic rings. The molecule has 0 amide bonds. The number of sulfonamides is 1. The second-order valence-electron chi connectivity index (χ2n) is 9.10. The molecule has 2 N–H and O–H groups in total. The highest BCUT2D eigenvalue weighted by molar-refractivity contribution is 7.99. The minimum atomic E-state index is -3.54. The fourth-order valence-corrected chi connectivity index (χ4v) is 9.39. The molecule has 0 bridgehead atoms. The summed E-state index contributed by atoms with van der Waals surface area (Å²) < 4.78 is 33.6. The molecule has 0 saturated heterocycles. The second kappa shape index (κ2) is 10.3. The molecule has 4 heterocycles. The van der Waals surface area contributed by atoms with Gasteiger partial charge in [-0.25, -0.2) is 18.1 Å². The van der Waals surface area contributed by atoms with Crippen molar-refractivity contribution < 1.29 is 12.9 Å². The Hall–Kier alpha value is -2.18. The summed E-state index contributed by atoms with van der Waals surface area (Å²) in [6.45, 7) is 0.465. The van der Waals surface area contributed by atoms with Crippen LogP contribution >= 0.6 is 34.4 Å². The summed E-state index contributed by atoms with van der Waals surface area (Å²) >= 11 is 4.90. The molecular weight excluding hydrogens is 533 g/mol. The van der Waals surface area contributed by atoms with Gasteiger partial charge in [0, 0.05) is 39.7 Å². The van der Waals surface area contributed by atoms with Crippen LogP contribution in [0.25, 0.3) is 21.8 Å². The van der Waals surface area contributed by atoms with Crippen LogP contribution in [0.4, 0.5) is 5.13 Å². The van der Waals surface area contributed by atoms with E-state index in [0.29, 0.717) is 28.4 Å². The van der Waals surface area contributed by atoms with E-state index in [9.17, 15) is 8.42 Å². The van der Waals surface area contributed by atoms with Crippen LogP contribution < -0.4 is 10.0 Å². The molecule has 3 aromatic heterocycles. The molecule has 36 heavy (non-hydrogen) atoms. The molecule has 11 heteroatoms. The summed E-state index contributed by atoms with van der Waals surface area (Å²) in [5.74, 6) is 1.42. The monoisotopic (exact) mass is 558 g/mol. The number of thiazole rings is 1. The summed E-state index contributed by atoms with van der Waals surface area (Å²) in [6.07, 6.45) is 6.52. The molecule has 1 aliphatic carbocycles. The summed E-state index contributed by atoms with van der Waals surface area (Å²) in [5, 5.41) is 8.56. The number of fused-ring (bicyclic) bond motifs is 3. The Labute approximate surface area is 222 Å². The number of hydrogen-bond acceptors (Lipinski definition) is 9. The van der Waals surface area contributed by atoms with Crippen molar-refractivity contribution in [1.82, 2.24) is 14.9 Å². The minimum absolute atomic E-state index is 0.305. The fraction of sp³-hybridized carbons (Fsp3) is 0.360. The van der Waals surface area contributed by atoms with Gasteiger partial charge in [0.1, 0.15) is 16.2 Å². The van der Waals surface area contributed by atoms with Crippen molar-refractivity contribution in [3.63, 3.8) is 0 Å². The number of aromatic nitrogens is 2. The highest BCUT2D eigenvalue weighted by atomic mass is 32.2. The van der Waals surface area contributed by atoms with Crippen LogP contribution in [0.15, 0.2) is 62.4 Å². The quantitative estimate of drug-likeness (QED) is 0.282. The number of anilines is 1. The Morgan fingerprint density at radius 1 is 1.03 bits per heavy atom. The van der Waals surface area contributed by atoms with Gasteiger partial charge in [-0.2, -0.15) is 0 Å². The number of nitrogens with one attached hydrogen (secondary N) is 2. The van der Waals surface area contributed by atoms with E-state index >= 15 is 0 Å². The van der Waals surface area contributed by atoms with E-state index in [1.54, 1.807) is 29.5 Å². The van der Waals surface area contributed by atoms with E-state index in [1.165, 1.54) is 32.9 Å². The topological polar surface area (TPSA) is 97.1 Å². The Morgan fingerprint density at radius 2 is 1.89 bits per heavy atom. The zero-order chi connectivity index (χ0) is 24.5. The molecular formula is C25H26N4O3S4. The zero-order valence-electron chi connectivity index (χ0n) is 19.5. The molecule has 1 aliphatic heterocycles. The predicted molar refractivity (Wildman–Crippen MR) is 146 cm³/mol. The van der Waals surface area contributed by atoms with Crippen molar-refractivity contribution in [3.8, 4) is 21.8 Å². The van der Waals surface area contributed by atoms with Crippen LogP contribution in [0.5, 0.6) is 0 Å². The average molecular weight is 559 g/mol. The van der Waals surface area contributed by atoms with Gasteiger partial charge >= 0.3 is 0 Å². The van der Waals surface area contributed by atoms with Gasteiger partial charge in [-0.1, -0.05) is 23.4 Å². The summed E-state index contributed by atoms with van der Waals surface area (Å²) in [5.41, 5.74) is 3.02. The van der Waals surface area contributed by atoms with Gasteiger partial charge in [-0.3, -0.25) is 0 Å². The largest absolute Gasteiger partial charge is 0.364 e. The van der Waals surface area contributed by atoms with Gasteiger partial charge < -0.3 is 9.84 Å².